The van der Waals surface area contributed by atoms with Crippen molar-refractivity contribution in [3.8, 4) is 11.5 Å². The molecule has 0 aliphatic heterocycles. The Morgan fingerprint density at radius 3 is 2.47 bits per heavy atom. The molecule has 1 aromatic carbocycles. The highest BCUT2D eigenvalue weighted by Crippen LogP contribution is 2.32. The summed E-state index contributed by atoms with van der Waals surface area (Å²) < 4.78 is 16.1. The van der Waals surface area contributed by atoms with Crippen LogP contribution in [0.15, 0.2) is 12.1 Å². The van der Waals surface area contributed by atoms with Gasteiger partial charge in [-0.3, -0.25) is 0 Å². The second-order valence-electron chi connectivity index (χ2n) is 4.03. The second-order valence-corrected chi connectivity index (χ2v) is 4.03. The Hall–Kier alpha value is -1.46. The predicted octanol–water partition coefficient (Wildman–Crippen LogP) is 1.65. The number of anilines is 1. The van der Waals surface area contributed by atoms with E-state index < -0.39 is 0 Å². The minimum absolute atomic E-state index is 0.580. The van der Waals surface area contributed by atoms with Crippen LogP contribution in [0.3, 0.4) is 0 Å². The van der Waals surface area contributed by atoms with Crippen LogP contribution in [-0.4, -0.2) is 40.5 Å². The van der Waals surface area contributed by atoms with E-state index in [4.69, 9.17) is 19.9 Å². The highest BCUT2D eigenvalue weighted by Gasteiger charge is 2.10. The molecule has 0 aliphatic rings. The van der Waals surface area contributed by atoms with Crippen LogP contribution in [0, 0.1) is 0 Å². The maximum absolute atomic E-state index is 5.60. The number of hydrogen-bond acceptors (Lipinski definition) is 5. The fourth-order valence-corrected chi connectivity index (χ4v) is 1.85. The first kappa shape index (κ1) is 15.6. The van der Waals surface area contributed by atoms with Gasteiger partial charge in [0.1, 0.15) is 11.5 Å². The van der Waals surface area contributed by atoms with Gasteiger partial charge in [-0.1, -0.05) is 0 Å². The first-order chi connectivity index (χ1) is 9.26. The minimum atomic E-state index is 0.580. The third kappa shape index (κ3) is 4.61. The molecule has 0 radical (unpaired) electrons. The summed E-state index contributed by atoms with van der Waals surface area (Å²) in [7, 11) is 3.31. The maximum Gasteiger partial charge on any atom is 0.142 e. The van der Waals surface area contributed by atoms with Crippen LogP contribution in [-0.2, 0) is 11.2 Å². The van der Waals surface area contributed by atoms with Crippen molar-refractivity contribution in [2.45, 2.75) is 13.3 Å². The fourth-order valence-electron chi connectivity index (χ4n) is 1.85. The molecule has 0 aromatic heterocycles. The summed E-state index contributed by atoms with van der Waals surface area (Å²) in [5.74, 6) is 1.62. The summed E-state index contributed by atoms with van der Waals surface area (Å²) in [5, 5.41) is 3.28. The lowest BCUT2D eigenvalue weighted by atomic mass is 10.1. The number of rotatable bonds is 9. The summed E-state index contributed by atoms with van der Waals surface area (Å²) in [5.41, 5.74) is 7.55. The molecule has 1 rings (SSSR count). The topological polar surface area (TPSA) is 65.7 Å². The standard InChI is InChI=1S/C14H24N2O3/c1-4-19-8-7-16-12-10-13(17-2)11(5-6-15)9-14(12)18-3/h9-10,16H,4-8,15H2,1-3H3. The average molecular weight is 268 g/mol. The third-order valence-corrected chi connectivity index (χ3v) is 2.78. The van der Waals surface area contributed by atoms with Gasteiger partial charge < -0.3 is 25.3 Å². The molecule has 3 N–H and O–H groups in total. The van der Waals surface area contributed by atoms with E-state index in [1.165, 1.54) is 0 Å². The number of hydrogen-bond donors (Lipinski definition) is 2. The Bertz CT molecular complexity index is 383. The lowest BCUT2D eigenvalue weighted by Crippen LogP contribution is -2.11. The van der Waals surface area contributed by atoms with E-state index in [0.717, 1.165) is 42.3 Å². The molecule has 108 valence electrons. The van der Waals surface area contributed by atoms with Gasteiger partial charge in [0.05, 0.1) is 26.5 Å². The molecular weight excluding hydrogens is 244 g/mol. The maximum atomic E-state index is 5.60. The minimum Gasteiger partial charge on any atom is -0.496 e. The van der Waals surface area contributed by atoms with Crippen molar-refractivity contribution in [2.75, 3.05) is 45.8 Å². The van der Waals surface area contributed by atoms with Gasteiger partial charge in [-0.2, -0.15) is 0 Å². The van der Waals surface area contributed by atoms with Crippen LogP contribution in [0.2, 0.25) is 0 Å². The number of nitrogens with one attached hydrogen (secondary N) is 1. The van der Waals surface area contributed by atoms with Crippen molar-refractivity contribution >= 4 is 5.69 Å². The van der Waals surface area contributed by atoms with Gasteiger partial charge in [0.25, 0.3) is 0 Å². The smallest absolute Gasteiger partial charge is 0.142 e. The van der Waals surface area contributed by atoms with Crippen LogP contribution in [0.4, 0.5) is 5.69 Å². The van der Waals surface area contributed by atoms with Crippen molar-refractivity contribution in [3.05, 3.63) is 17.7 Å². The van der Waals surface area contributed by atoms with E-state index in [1.54, 1.807) is 14.2 Å². The zero-order chi connectivity index (χ0) is 14.1. The Balaban J connectivity index is 2.83. The molecule has 0 saturated heterocycles. The molecule has 0 saturated carbocycles. The monoisotopic (exact) mass is 268 g/mol. The summed E-state index contributed by atoms with van der Waals surface area (Å²) >= 11 is 0. The third-order valence-electron chi connectivity index (χ3n) is 2.78. The molecule has 0 aliphatic carbocycles. The molecule has 0 bridgehead atoms. The second kappa shape index (κ2) is 8.61. The van der Waals surface area contributed by atoms with Crippen LogP contribution in [0.25, 0.3) is 0 Å². The van der Waals surface area contributed by atoms with Gasteiger partial charge in [-0.25, -0.2) is 0 Å². The van der Waals surface area contributed by atoms with Crippen molar-refractivity contribution in [3.63, 3.8) is 0 Å². The largest absolute Gasteiger partial charge is 0.496 e. The fraction of sp³-hybridized carbons (Fsp3) is 0.571. The highest BCUT2D eigenvalue weighted by atomic mass is 16.5. The Labute approximate surface area is 115 Å². The molecule has 5 heteroatoms. The molecule has 0 spiro atoms. The van der Waals surface area contributed by atoms with Crippen LogP contribution in [0.5, 0.6) is 11.5 Å². The normalized spacial score (nSPS) is 10.3. The van der Waals surface area contributed by atoms with E-state index in [-0.39, 0.29) is 0 Å². The van der Waals surface area contributed by atoms with Gasteiger partial charge >= 0.3 is 0 Å². The lowest BCUT2D eigenvalue weighted by Gasteiger charge is -2.16. The van der Waals surface area contributed by atoms with Crippen molar-refractivity contribution < 1.29 is 14.2 Å². The van der Waals surface area contributed by atoms with Gasteiger partial charge in [0, 0.05) is 19.2 Å². The summed E-state index contributed by atoms with van der Waals surface area (Å²) in [6, 6.07) is 3.91. The van der Waals surface area contributed by atoms with E-state index >= 15 is 0 Å². The molecule has 19 heavy (non-hydrogen) atoms. The van der Waals surface area contributed by atoms with Crippen molar-refractivity contribution in [1.82, 2.24) is 0 Å². The molecule has 0 fully saturated rings. The molecule has 0 unspecified atom stereocenters. The first-order valence-corrected chi connectivity index (χ1v) is 6.53. The molecule has 1 aromatic rings. The van der Waals surface area contributed by atoms with E-state index in [0.29, 0.717) is 13.2 Å². The zero-order valence-corrected chi connectivity index (χ0v) is 12.0. The Morgan fingerprint density at radius 2 is 1.89 bits per heavy atom. The van der Waals surface area contributed by atoms with Crippen LogP contribution >= 0.6 is 0 Å². The Kier molecular flexibility index (Phi) is 7.07. The van der Waals surface area contributed by atoms with Crippen molar-refractivity contribution in [1.29, 1.82) is 0 Å². The lowest BCUT2D eigenvalue weighted by molar-refractivity contribution is 0.158. The quantitative estimate of drug-likeness (QED) is 0.667. The summed E-state index contributed by atoms with van der Waals surface area (Å²) in [6.45, 7) is 4.66. The average Bonchev–Trinajstić information content (AvgIpc) is 2.44. The van der Waals surface area contributed by atoms with E-state index in [1.807, 2.05) is 19.1 Å². The first-order valence-electron chi connectivity index (χ1n) is 6.53. The SMILES string of the molecule is CCOCCNc1cc(OC)c(CCN)cc1OC. The molecule has 0 atom stereocenters. The molecule has 0 amide bonds. The highest BCUT2D eigenvalue weighted by molar-refractivity contribution is 5.62. The molecule has 5 nitrogen and oxygen atoms in total. The van der Waals surface area contributed by atoms with Crippen LogP contribution in [0.1, 0.15) is 12.5 Å². The summed E-state index contributed by atoms with van der Waals surface area (Å²) in [4.78, 5) is 0. The van der Waals surface area contributed by atoms with E-state index in [9.17, 15) is 0 Å². The molecule has 0 heterocycles. The van der Waals surface area contributed by atoms with E-state index in [2.05, 4.69) is 5.32 Å². The van der Waals surface area contributed by atoms with Gasteiger partial charge in [0.2, 0.25) is 0 Å². The van der Waals surface area contributed by atoms with Gasteiger partial charge in [0.15, 0.2) is 0 Å². The number of benzene rings is 1. The van der Waals surface area contributed by atoms with Gasteiger partial charge in [-0.05, 0) is 31.5 Å². The van der Waals surface area contributed by atoms with Crippen LogP contribution < -0.4 is 20.5 Å². The summed E-state index contributed by atoms with van der Waals surface area (Å²) in [6.07, 6.45) is 0.763. The number of nitrogens with two attached hydrogens (primary N) is 1. The molecular formula is C14H24N2O3. The van der Waals surface area contributed by atoms with Gasteiger partial charge in [-0.15, -0.1) is 0 Å². The number of ether oxygens (including phenoxy) is 3. The predicted molar refractivity (Wildman–Crippen MR) is 77.3 cm³/mol. The zero-order valence-electron chi connectivity index (χ0n) is 12.0. The van der Waals surface area contributed by atoms with Crippen molar-refractivity contribution in [2.24, 2.45) is 5.73 Å². The Morgan fingerprint density at radius 1 is 1.16 bits per heavy atom. The number of methoxy groups -OCH3 is 2.